The molecule has 0 radical (unpaired) electrons. The number of sulfonamides is 1. The van der Waals surface area contributed by atoms with E-state index in [9.17, 15) is 13.2 Å². The molecule has 2 aliphatic heterocycles. The highest BCUT2D eigenvalue weighted by molar-refractivity contribution is 7.89. The standard InChI is InChI=1S/C21H33N3O3S/c1-17(2)16-22-11-13-23(14-12-22)21(25)19-8-6-9-20(15-19)28(26,27)24-10-5-4-7-18(24)3/h6,8-9,15,17-18H,4-5,7,10-14,16H2,1-3H3. The van der Waals surface area contributed by atoms with Gasteiger partial charge in [-0.25, -0.2) is 8.42 Å². The second-order valence-electron chi connectivity index (χ2n) is 8.48. The fourth-order valence-corrected chi connectivity index (χ4v) is 5.93. The van der Waals surface area contributed by atoms with Gasteiger partial charge in [-0.15, -0.1) is 0 Å². The lowest BCUT2D eigenvalue weighted by molar-refractivity contribution is 0.0623. The smallest absolute Gasteiger partial charge is 0.253 e. The van der Waals surface area contributed by atoms with Crippen molar-refractivity contribution >= 4 is 15.9 Å². The van der Waals surface area contributed by atoms with Crippen LogP contribution in [0.5, 0.6) is 0 Å². The fourth-order valence-electron chi connectivity index (χ4n) is 4.19. The summed E-state index contributed by atoms with van der Waals surface area (Å²) < 4.78 is 27.8. The maximum Gasteiger partial charge on any atom is 0.253 e. The molecule has 1 unspecified atom stereocenters. The average Bonchev–Trinajstić information content (AvgIpc) is 2.68. The number of nitrogens with zero attached hydrogens (tertiary/aromatic N) is 3. The van der Waals surface area contributed by atoms with E-state index in [2.05, 4.69) is 18.7 Å². The van der Waals surface area contributed by atoms with Crippen LogP contribution >= 0.6 is 0 Å². The Morgan fingerprint density at radius 3 is 2.46 bits per heavy atom. The topological polar surface area (TPSA) is 60.9 Å². The summed E-state index contributed by atoms with van der Waals surface area (Å²) in [5, 5.41) is 0. The number of benzene rings is 1. The van der Waals surface area contributed by atoms with Gasteiger partial charge >= 0.3 is 0 Å². The van der Waals surface area contributed by atoms with Crippen LogP contribution in [0.25, 0.3) is 0 Å². The summed E-state index contributed by atoms with van der Waals surface area (Å²) >= 11 is 0. The minimum atomic E-state index is -3.57. The van der Waals surface area contributed by atoms with Crippen molar-refractivity contribution in [1.29, 1.82) is 0 Å². The van der Waals surface area contributed by atoms with Crippen molar-refractivity contribution in [3.63, 3.8) is 0 Å². The summed E-state index contributed by atoms with van der Waals surface area (Å²) in [5.74, 6) is 0.536. The molecule has 2 saturated heterocycles. The largest absolute Gasteiger partial charge is 0.336 e. The molecule has 2 aliphatic rings. The van der Waals surface area contributed by atoms with Gasteiger partial charge < -0.3 is 4.90 Å². The van der Waals surface area contributed by atoms with Crippen molar-refractivity contribution < 1.29 is 13.2 Å². The lowest BCUT2D eigenvalue weighted by Gasteiger charge is -2.35. The Hall–Kier alpha value is -1.44. The SMILES string of the molecule is CC(C)CN1CCN(C(=O)c2cccc(S(=O)(=O)N3CCCCC3C)c2)CC1. The number of carbonyl (C=O) groups is 1. The molecule has 0 aliphatic carbocycles. The molecule has 0 aromatic heterocycles. The first kappa shape index (κ1) is 21.3. The van der Waals surface area contributed by atoms with E-state index in [-0.39, 0.29) is 16.8 Å². The highest BCUT2D eigenvalue weighted by Gasteiger charge is 2.31. The Kier molecular flexibility index (Phi) is 6.78. The van der Waals surface area contributed by atoms with Crippen LogP contribution in [-0.4, -0.2) is 73.7 Å². The fraction of sp³-hybridized carbons (Fsp3) is 0.667. The second-order valence-corrected chi connectivity index (χ2v) is 10.4. The third kappa shape index (κ3) is 4.75. The molecule has 0 saturated carbocycles. The van der Waals surface area contributed by atoms with E-state index < -0.39 is 10.0 Å². The lowest BCUT2D eigenvalue weighted by Crippen LogP contribution is -2.49. The number of hydrogen-bond donors (Lipinski definition) is 0. The van der Waals surface area contributed by atoms with E-state index in [4.69, 9.17) is 0 Å². The number of hydrogen-bond acceptors (Lipinski definition) is 4. The summed E-state index contributed by atoms with van der Waals surface area (Å²) in [5.41, 5.74) is 0.461. The molecule has 0 bridgehead atoms. The summed E-state index contributed by atoms with van der Waals surface area (Å²) in [7, 11) is -3.57. The molecule has 2 fully saturated rings. The van der Waals surface area contributed by atoms with Crippen LogP contribution in [0.4, 0.5) is 0 Å². The van der Waals surface area contributed by atoms with Gasteiger partial charge in [0.05, 0.1) is 4.90 Å². The number of rotatable bonds is 5. The van der Waals surface area contributed by atoms with Gasteiger partial charge in [0, 0.05) is 50.9 Å². The van der Waals surface area contributed by atoms with Crippen LogP contribution in [-0.2, 0) is 10.0 Å². The van der Waals surface area contributed by atoms with Crippen molar-refractivity contribution in [2.24, 2.45) is 5.92 Å². The highest BCUT2D eigenvalue weighted by Crippen LogP contribution is 2.26. The predicted molar refractivity (Wildman–Crippen MR) is 111 cm³/mol. The minimum absolute atomic E-state index is 0.00661. The molecular formula is C21H33N3O3S. The van der Waals surface area contributed by atoms with E-state index in [1.807, 2.05) is 11.8 Å². The number of piperazine rings is 1. The molecule has 1 atom stereocenters. The van der Waals surface area contributed by atoms with E-state index in [0.29, 0.717) is 31.1 Å². The summed E-state index contributed by atoms with van der Waals surface area (Å²) in [4.78, 5) is 17.4. The van der Waals surface area contributed by atoms with Crippen molar-refractivity contribution in [2.45, 2.75) is 51.0 Å². The molecule has 7 heteroatoms. The minimum Gasteiger partial charge on any atom is -0.336 e. The van der Waals surface area contributed by atoms with Crippen LogP contribution < -0.4 is 0 Å². The van der Waals surface area contributed by atoms with Gasteiger partial charge in [-0.3, -0.25) is 9.69 Å². The molecule has 6 nitrogen and oxygen atoms in total. The lowest BCUT2D eigenvalue weighted by atomic mass is 10.1. The van der Waals surface area contributed by atoms with Gasteiger partial charge in [-0.2, -0.15) is 4.31 Å². The molecule has 3 rings (SSSR count). The first-order chi connectivity index (χ1) is 13.3. The molecule has 1 aromatic carbocycles. The zero-order valence-electron chi connectivity index (χ0n) is 17.3. The van der Waals surface area contributed by atoms with Crippen molar-refractivity contribution in [3.05, 3.63) is 29.8 Å². The van der Waals surface area contributed by atoms with Gasteiger partial charge in [0.25, 0.3) is 5.91 Å². The number of carbonyl (C=O) groups excluding carboxylic acids is 1. The molecule has 1 amide bonds. The van der Waals surface area contributed by atoms with Gasteiger partial charge in [-0.1, -0.05) is 26.3 Å². The second kappa shape index (κ2) is 8.93. The van der Waals surface area contributed by atoms with Crippen LogP contribution in [0.1, 0.15) is 50.4 Å². The number of piperidine rings is 1. The van der Waals surface area contributed by atoms with Gasteiger partial charge in [0.2, 0.25) is 10.0 Å². The van der Waals surface area contributed by atoms with Crippen molar-refractivity contribution in [2.75, 3.05) is 39.3 Å². The Labute approximate surface area is 169 Å². The van der Waals surface area contributed by atoms with Gasteiger partial charge in [-0.05, 0) is 43.9 Å². The van der Waals surface area contributed by atoms with Gasteiger partial charge in [0.1, 0.15) is 0 Å². The van der Waals surface area contributed by atoms with E-state index in [1.165, 1.54) is 0 Å². The van der Waals surface area contributed by atoms with Crippen LogP contribution in [0, 0.1) is 5.92 Å². The summed E-state index contributed by atoms with van der Waals surface area (Å²) in [6, 6.07) is 6.57. The van der Waals surface area contributed by atoms with E-state index in [0.717, 1.165) is 38.9 Å². The predicted octanol–water partition coefficient (Wildman–Crippen LogP) is 2.66. The molecule has 0 N–H and O–H groups in total. The molecule has 28 heavy (non-hydrogen) atoms. The van der Waals surface area contributed by atoms with Gasteiger partial charge in [0.15, 0.2) is 0 Å². The average molecular weight is 408 g/mol. The van der Waals surface area contributed by atoms with Crippen molar-refractivity contribution in [3.8, 4) is 0 Å². The molecular weight excluding hydrogens is 374 g/mol. The van der Waals surface area contributed by atoms with Crippen LogP contribution in [0.2, 0.25) is 0 Å². The van der Waals surface area contributed by atoms with Crippen LogP contribution in [0.3, 0.4) is 0 Å². The van der Waals surface area contributed by atoms with Crippen molar-refractivity contribution in [1.82, 2.24) is 14.1 Å². The third-order valence-electron chi connectivity index (χ3n) is 5.71. The van der Waals surface area contributed by atoms with E-state index in [1.54, 1.807) is 28.6 Å². The highest BCUT2D eigenvalue weighted by atomic mass is 32.2. The normalized spacial score (nSPS) is 22.6. The molecule has 1 aromatic rings. The summed E-state index contributed by atoms with van der Waals surface area (Å²) in [6.45, 7) is 11.1. The van der Waals surface area contributed by atoms with Crippen LogP contribution in [0.15, 0.2) is 29.2 Å². The quantitative estimate of drug-likeness (QED) is 0.753. The third-order valence-corrected chi connectivity index (χ3v) is 7.72. The first-order valence-corrected chi connectivity index (χ1v) is 11.9. The monoisotopic (exact) mass is 407 g/mol. The molecule has 156 valence electrons. The maximum absolute atomic E-state index is 13.1. The Morgan fingerprint density at radius 2 is 1.82 bits per heavy atom. The Balaban J connectivity index is 1.72. The Morgan fingerprint density at radius 1 is 1.11 bits per heavy atom. The first-order valence-electron chi connectivity index (χ1n) is 10.4. The zero-order valence-corrected chi connectivity index (χ0v) is 18.1. The Bertz CT molecular complexity index is 786. The number of amides is 1. The summed E-state index contributed by atoms with van der Waals surface area (Å²) in [6.07, 6.45) is 2.84. The molecule has 2 heterocycles. The molecule has 0 spiro atoms. The maximum atomic E-state index is 13.1. The zero-order chi connectivity index (χ0) is 20.3. The van der Waals surface area contributed by atoms with E-state index >= 15 is 0 Å².